The molecule has 0 spiro atoms. The van der Waals surface area contributed by atoms with E-state index in [1.54, 1.807) is 0 Å². The van der Waals surface area contributed by atoms with E-state index in [1.165, 1.54) is 45.7 Å². The first-order chi connectivity index (χ1) is 9.16. The summed E-state index contributed by atoms with van der Waals surface area (Å²) in [6.45, 7) is 4.37. The molecule has 0 radical (unpaired) electrons. The van der Waals surface area contributed by atoms with Gasteiger partial charge >= 0.3 is 0 Å². The summed E-state index contributed by atoms with van der Waals surface area (Å²) in [5, 5.41) is 0. The smallest absolute Gasteiger partial charge is 0.0375 e. The Bertz CT molecular complexity index is 585. The maximum Gasteiger partial charge on any atom is 0.0375 e. The van der Waals surface area contributed by atoms with Crippen LogP contribution >= 0.6 is 11.3 Å². The van der Waals surface area contributed by atoms with Gasteiger partial charge in [0, 0.05) is 21.7 Å². The molecule has 0 saturated carbocycles. The molecule has 1 nitrogen and oxygen atoms in total. The van der Waals surface area contributed by atoms with E-state index in [2.05, 4.69) is 44.2 Å². The van der Waals surface area contributed by atoms with Gasteiger partial charge in [0.2, 0.25) is 0 Å². The monoisotopic (exact) mass is 271 g/mol. The third-order valence-corrected chi connectivity index (χ3v) is 5.27. The van der Waals surface area contributed by atoms with Gasteiger partial charge in [-0.05, 0) is 55.9 Å². The Morgan fingerprint density at radius 2 is 2.05 bits per heavy atom. The van der Waals surface area contributed by atoms with Gasteiger partial charge in [0.25, 0.3) is 0 Å². The van der Waals surface area contributed by atoms with E-state index < -0.39 is 0 Å². The van der Waals surface area contributed by atoms with Crippen LogP contribution in [0, 0.1) is 13.8 Å². The molecule has 0 saturated heterocycles. The Balaban J connectivity index is 1.97. The Morgan fingerprint density at radius 3 is 2.79 bits per heavy atom. The van der Waals surface area contributed by atoms with Crippen LogP contribution in [0.2, 0.25) is 0 Å². The largest absolute Gasteiger partial charge is 0.323 e. The summed E-state index contributed by atoms with van der Waals surface area (Å²) in [5.74, 6) is 0.484. The highest BCUT2D eigenvalue weighted by atomic mass is 32.1. The number of fused-ring (bicyclic) bond motifs is 1. The quantitative estimate of drug-likeness (QED) is 0.856. The molecule has 0 bridgehead atoms. The van der Waals surface area contributed by atoms with Crippen molar-refractivity contribution in [3.63, 3.8) is 0 Å². The van der Waals surface area contributed by atoms with E-state index in [0.29, 0.717) is 5.92 Å². The fourth-order valence-electron chi connectivity index (χ4n) is 3.36. The lowest BCUT2D eigenvalue weighted by Gasteiger charge is -2.30. The average molecular weight is 271 g/mol. The molecule has 0 fully saturated rings. The molecule has 1 heterocycles. The zero-order valence-electron chi connectivity index (χ0n) is 11.6. The van der Waals surface area contributed by atoms with E-state index in [1.807, 2.05) is 11.3 Å². The number of rotatable bonds is 2. The predicted octanol–water partition coefficient (Wildman–Crippen LogP) is 4.48. The van der Waals surface area contributed by atoms with Crippen molar-refractivity contribution in [1.82, 2.24) is 0 Å². The standard InChI is InChI=1S/C17H21NS/c1-11-10-16(12(2)19-11)17(18)15-9-5-7-13-6-3-4-8-14(13)15/h3-4,6,8,10,15,17H,5,7,9,18H2,1-2H3. The van der Waals surface area contributed by atoms with E-state index in [0.717, 1.165) is 0 Å². The van der Waals surface area contributed by atoms with Gasteiger partial charge in [-0.1, -0.05) is 24.3 Å². The van der Waals surface area contributed by atoms with Crippen molar-refractivity contribution >= 4 is 11.3 Å². The molecule has 2 aromatic rings. The van der Waals surface area contributed by atoms with Crippen LogP contribution in [0.1, 0.15) is 51.2 Å². The Hall–Kier alpha value is -1.12. The minimum atomic E-state index is 0.145. The maximum atomic E-state index is 6.61. The SMILES string of the molecule is Cc1cc(C(N)C2CCCc3ccccc32)c(C)s1. The summed E-state index contributed by atoms with van der Waals surface area (Å²) in [5.41, 5.74) is 10.9. The zero-order chi connectivity index (χ0) is 13.4. The molecule has 100 valence electrons. The molecule has 1 aliphatic rings. The van der Waals surface area contributed by atoms with Crippen molar-refractivity contribution in [3.05, 3.63) is 56.8 Å². The van der Waals surface area contributed by atoms with Crippen LogP contribution in [0.3, 0.4) is 0 Å². The molecular formula is C17H21NS. The lowest BCUT2D eigenvalue weighted by atomic mass is 9.77. The third kappa shape index (κ3) is 2.35. The second-order valence-corrected chi connectivity index (χ2v) is 7.05. The Labute approximate surface area is 119 Å². The van der Waals surface area contributed by atoms with E-state index in [-0.39, 0.29) is 6.04 Å². The highest BCUT2D eigenvalue weighted by molar-refractivity contribution is 7.12. The number of hydrogen-bond donors (Lipinski definition) is 1. The van der Waals surface area contributed by atoms with Crippen molar-refractivity contribution in [2.45, 2.75) is 45.1 Å². The van der Waals surface area contributed by atoms with Gasteiger partial charge in [-0.2, -0.15) is 0 Å². The van der Waals surface area contributed by atoms with Crippen molar-refractivity contribution in [2.24, 2.45) is 5.73 Å². The summed E-state index contributed by atoms with van der Waals surface area (Å²) in [6, 6.07) is 11.3. The van der Waals surface area contributed by atoms with Crippen molar-refractivity contribution in [2.75, 3.05) is 0 Å². The first-order valence-electron chi connectivity index (χ1n) is 7.07. The molecule has 19 heavy (non-hydrogen) atoms. The second kappa shape index (κ2) is 5.10. The van der Waals surface area contributed by atoms with Crippen LogP contribution in [0.15, 0.2) is 30.3 Å². The summed E-state index contributed by atoms with van der Waals surface area (Å²) in [4.78, 5) is 2.75. The van der Waals surface area contributed by atoms with Crippen LogP contribution in [0.25, 0.3) is 0 Å². The average Bonchev–Trinajstić information content (AvgIpc) is 2.76. The minimum Gasteiger partial charge on any atom is -0.323 e. The Morgan fingerprint density at radius 1 is 1.26 bits per heavy atom. The molecule has 0 aliphatic heterocycles. The fourth-order valence-corrected chi connectivity index (χ4v) is 4.34. The highest BCUT2D eigenvalue weighted by Gasteiger charge is 2.27. The van der Waals surface area contributed by atoms with Crippen LogP contribution in [0.4, 0.5) is 0 Å². The number of nitrogens with two attached hydrogens (primary N) is 1. The van der Waals surface area contributed by atoms with E-state index in [9.17, 15) is 0 Å². The zero-order valence-corrected chi connectivity index (χ0v) is 12.5. The summed E-state index contributed by atoms with van der Waals surface area (Å²) < 4.78 is 0. The van der Waals surface area contributed by atoms with E-state index in [4.69, 9.17) is 5.73 Å². The number of thiophene rings is 1. The van der Waals surface area contributed by atoms with Gasteiger partial charge in [-0.15, -0.1) is 11.3 Å². The minimum absolute atomic E-state index is 0.145. The van der Waals surface area contributed by atoms with Gasteiger partial charge < -0.3 is 5.73 Å². The van der Waals surface area contributed by atoms with Crippen LogP contribution < -0.4 is 5.73 Å². The van der Waals surface area contributed by atoms with Gasteiger partial charge in [0.15, 0.2) is 0 Å². The maximum absolute atomic E-state index is 6.61. The number of hydrogen-bond acceptors (Lipinski definition) is 2. The molecule has 2 heteroatoms. The lowest BCUT2D eigenvalue weighted by molar-refractivity contribution is 0.474. The summed E-state index contributed by atoms with van der Waals surface area (Å²) in [7, 11) is 0. The number of benzene rings is 1. The topological polar surface area (TPSA) is 26.0 Å². The fraction of sp³-hybridized carbons (Fsp3) is 0.412. The molecule has 2 unspecified atom stereocenters. The van der Waals surface area contributed by atoms with Crippen LogP contribution in [-0.4, -0.2) is 0 Å². The first kappa shape index (κ1) is 12.9. The summed E-state index contributed by atoms with van der Waals surface area (Å²) in [6.07, 6.45) is 3.69. The van der Waals surface area contributed by atoms with Crippen molar-refractivity contribution in [3.8, 4) is 0 Å². The molecule has 3 rings (SSSR count). The third-order valence-electron chi connectivity index (χ3n) is 4.29. The van der Waals surface area contributed by atoms with Crippen LogP contribution in [-0.2, 0) is 6.42 Å². The normalized spacial score (nSPS) is 20.1. The van der Waals surface area contributed by atoms with Gasteiger partial charge in [0.05, 0.1) is 0 Å². The second-order valence-electron chi connectivity index (χ2n) is 5.59. The van der Waals surface area contributed by atoms with Crippen molar-refractivity contribution in [1.29, 1.82) is 0 Å². The Kier molecular flexibility index (Phi) is 3.46. The van der Waals surface area contributed by atoms with E-state index >= 15 is 0 Å². The molecule has 2 atom stereocenters. The molecule has 2 N–H and O–H groups in total. The highest BCUT2D eigenvalue weighted by Crippen LogP contribution is 2.41. The van der Waals surface area contributed by atoms with Crippen LogP contribution in [0.5, 0.6) is 0 Å². The molecule has 1 aliphatic carbocycles. The molecule has 1 aromatic heterocycles. The predicted molar refractivity (Wildman–Crippen MR) is 82.8 cm³/mol. The van der Waals surface area contributed by atoms with Crippen molar-refractivity contribution < 1.29 is 0 Å². The summed E-state index contributed by atoms with van der Waals surface area (Å²) >= 11 is 1.86. The molecular weight excluding hydrogens is 250 g/mol. The number of aryl methyl sites for hydroxylation is 3. The molecule has 0 amide bonds. The lowest BCUT2D eigenvalue weighted by Crippen LogP contribution is -2.23. The molecule has 1 aromatic carbocycles. The first-order valence-corrected chi connectivity index (χ1v) is 7.89. The van der Waals surface area contributed by atoms with Gasteiger partial charge in [-0.3, -0.25) is 0 Å². The van der Waals surface area contributed by atoms with Gasteiger partial charge in [-0.25, -0.2) is 0 Å². The van der Waals surface area contributed by atoms with Gasteiger partial charge in [0.1, 0.15) is 0 Å².